The zero-order chi connectivity index (χ0) is 12.0. The van der Waals surface area contributed by atoms with Gasteiger partial charge in [-0.05, 0) is 26.2 Å². The Morgan fingerprint density at radius 3 is 2.69 bits per heavy atom. The van der Waals surface area contributed by atoms with Crippen LogP contribution in [-0.4, -0.2) is 35.7 Å². The van der Waals surface area contributed by atoms with E-state index < -0.39 is 0 Å². The average molecular weight is 228 g/mol. The molecule has 1 aliphatic rings. The maximum atomic E-state index is 11.6. The molecule has 16 heavy (non-hydrogen) atoms. The molecule has 1 rings (SSSR count). The van der Waals surface area contributed by atoms with Crippen molar-refractivity contribution in [3.05, 3.63) is 0 Å². The number of aliphatic hydroxyl groups excluding tert-OH is 1. The van der Waals surface area contributed by atoms with Gasteiger partial charge in [0.25, 0.3) is 0 Å². The van der Waals surface area contributed by atoms with Crippen molar-refractivity contribution < 1.29 is 9.90 Å². The Balaban J connectivity index is 2.06. The van der Waals surface area contributed by atoms with Crippen molar-refractivity contribution in [2.24, 2.45) is 0 Å². The van der Waals surface area contributed by atoms with Gasteiger partial charge in [0.05, 0.1) is 12.1 Å². The molecule has 3 N–H and O–H groups in total. The molecule has 0 aromatic heterocycles. The summed E-state index contributed by atoms with van der Waals surface area (Å²) >= 11 is 0. The maximum absolute atomic E-state index is 11.6. The first kappa shape index (κ1) is 13.5. The van der Waals surface area contributed by atoms with Gasteiger partial charge in [0, 0.05) is 12.6 Å². The normalized spacial score (nSPS) is 25.9. The van der Waals surface area contributed by atoms with Crippen LogP contribution in [0.4, 0.5) is 0 Å². The lowest BCUT2D eigenvalue weighted by molar-refractivity contribution is -0.123. The number of carbonyl (C=O) groups excluding carboxylic acids is 1. The second-order valence-electron chi connectivity index (χ2n) is 4.71. The molecular weight excluding hydrogens is 204 g/mol. The van der Waals surface area contributed by atoms with Gasteiger partial charge in [0.15, 0.2) is 0 Å². The third-order valence-electron chi connectivity index (χ3n) is 3.07. The topological polar surface area (TPSA) is 61.4 Å². The molecule has 0 aromatic rings. The van der Waals surface area contributed by atoms with E-state index in [-0.39, 0.29) is 18.1 Å². The van der Waals surface area contributed by atoms with E-state index in [1.165, 1.54) is 6.42 Å². The second kappa shape index (κ2) is 6.86. The maximum Gasteiger partial charge on any atom is 0.236 e. The van der Waals surface area contributed by atoms with Crippen molar-refractivity contribution in [1.82, 2.24) is 10.6 Å². The van der Waals surface area contributed by atoms with Crippen LogP contribution in [0, 0.1) is 0 Å². The van der Waals surface area contributed by atoms with Gasteiger partial charge in [-0.3, -0.25) is 4.79 Å². The summed E-state index contributed by atoms with van der Waals surface area (Å²) in [5.41, 5.74) is 0. The molecule has 0 bridgehead atoms. The Morgan fingerprint density at radius 2 is 2.12 bits per heavy atom. The Bertz CT molecular complexity index is 215. The van der Waals surface area contributed by atoms with Crippen LogP contribution >= 0.6 is 0 Å². The SMILES string of the molecule is CCCCCNC(=O)C(C)NC1CC(O)C1. The van der Waals surface area contributed by atoms with Crippen LogP contribution in [0.2, 0.25) is 0 Å². The fraction of sp³-hybridized carbons (Fsp3) is 0.917. The van der Waals surface area contributed by atoms with Gasteiger partial charge in [0.1, 0.15) is 0 Å². The summed E-state index contributed by atoms with van der Waals surface area (Å²) in [6, 6.07) is 0.158. The van der Waals surface area contributed by atoms with E-state index in [1.807, 2.05) is 6.92 Å². The van der Waals surface area contributed by atoms with Crippen LogP contribution in [-0.2, 0) is 4.79 Å². The summed E-state index contributed by atoms with van der Waals surface area (Å²) in [5, 5.41) is 15.3. The molecule has 0 radical (unpaired) electrons. The number of unbranched alkanes of at least 4 members (excludes halogenated alkanes) is 2. The number of hydrogen-bond acceptors (Lipinski definition) is 3. The molecule has 4 heteroatoms. The molecule has 1 fully saturated rings. The lowest BCUT2D eigenvalue weighted by Gasteiger charge is -2.34. The summed E-state index contributed by atoms with van der Waals surface area (Å²) in [4.78, 5) is 11.6. The highest BCUT2D eigenvalue weighted by Crippen LogP contribution is 2.19. The molecule has 4 nitrogen and oxygen atoms in total. The van der Waals surface area contributed by atoms with Crippen molar-refractivity contribution >= 4 is 5.91 Å². The molecule has 0 saturated heterocycles. The van der Waals surface area contributed by atoms with Gasteiger partial charge in [-0.15, -0.1) is 0 Å². The zero-order valence-corrected chi connectivity index (χ0v) is 10.3. The van der Waals surface area contributed by atoms with Gasteiger partial charge in [-0.25, -0.2) is 0 Å². The predicted octanol–water partition coefficient (Wildman–Crippen LogP) is 0.794. The third kappa shape index (κ3) is 4.49. The first-order chi connectivity index (χ1) is 7.63. The second-order valence-corrected chi connectivity index (χ2v) is 4.71. The fourth-order valence-electron chi connectivity index (χ4n) is 1.89. The molecule has 1 atom stereocenters. The predicted molar refractivity (Wildman–Crippen MR) is 64.2 cm³/mol. The standard InChI is InChI=1S/C12H24N2O2/c1-3-4-5-6-13-12(16)9(2)14-10-7-11(15)8-10/h9-11,14-15H,3-8H2,1-2H3,(H,13,16). The summed E-state index contributed by atoms with van der Waals surface area (Å²) in [6.07, 6.45) is 4.76. The quantitative estimate of drug-likeness (QED) is 0.565. The molecule has 1 amide bonds. The van der Waals surface area contributed by atoms with Crippen LogP contribution in [0.1, 0.15) is 46.0 Å². The van der Waals surface area contributed by atoms with E-state index in [2.05, 4.69) is 17.6 Å². The van der Waals surface area contributed by atoms with E-state index in [9.17, 15) is 4.79 Å². The highest BCUT2D eigenvalue weighted by Gasteiger charge is 2.29. The van der Waals surface area contributed by atoms with Crippen molar-refractivity contribution in [2.75, 3.05) is 6.54 Å². The van der Waals surface area contributed by atoms with Crippen LogP contribution in [0.15, 0.2) is 0 Å². The summed E-state index contributed by atoms with van der Waals surface area (Å²) in [6.45, 7) is 4.79. The van der Waals surface area contributed by atoms with Crippen LogP contribution < -0.4 is 10.6 Å². The number of rotatable bonds is 7. The number of amides is 1. The summed E-state index contributed by atoms with van der Waals surface area (Å²) < 4.78 is 0. The van der Waals surface area contributed by atoms with Crippen molar-refractivity contribution in [3.63, 3.8) is 0 Å². The molecule has 0 aliphatic heterocycles. The first-order valence-electron chi connectivity index (χ1n) is 6.35. The highest BCUT2D eigenvalue weighted by atomic mass is 16.3. The Morgan fingerprint density at radius 1 is 1.44 bits per heavy atom. The average Bonchev–Trinajstić information content (AvgIpc) is 2.21. The molecule has 1 unspecified atom stereocenters. The van der Waals surface area contributed by atoms with Gasteiger partial charge in [-0.1, -0.05) is 19.8 Å². The van der Waals surface area contributed by atoms with Gasteiger partial charge >= 0.3 is 0 Å². The summed E-state index contributed by atoms with van der Waals surface area (Å²) in [7, 11) is 0. The minimum absolute atomic E-state index is 0.0671. The van der Waals surface area contributed by atoms with E-state index in [0.29, 0.717) is 6.04 Å². The number of hydrogen-bond donors (Lipinski definition) is 3. The molecule has 0 aromatic carbocycles. The minimum Gasteiger partial charge on any atom is -0.393 e. The number of aliphatic hydroxyl groups is 1. The monoisotopic (exact) mass is 228 g/mol. The largest absolute Gasteiger partial charge is 0.393 e. The fourth-order valence-corrected chi connectivity index (χ4v) is 1.89. The molecular formula is C12H24N2O2. The third-order valence-corrected chi connectivity index (χ3v) is 3.07. The van der Waals surface area contributed by atoms with Crippen LogP contribution in [0.25, 0.3) is 0 Å². The molecule has 0 spiro atoms. The molecule has 1 saturated carbocycles. The van der Waals surface area contributed by atoms with Crippen molar-refractivity contribution in [3.8, 4) is 0 Å². The molecule has 1 aliphatic carbocycles. The summed E-state index contributed by atoms with van der Waals surface area (Å²) in [5.74, 6) is 0.0671. The number of nitrogens with one attached hydrogen (secondary N) is 2. The minimum atomic E-state index is -0.169. The zero-order valence-electron chi connectivity index (χ0n) is 10.3. The van der Waals surface area contributed by atoms with Crippen LogP contribution in [0.3, 0.4) is 0 Å². The smallest absolute Gasteiger partial charge is 0.236 e. The van der Waals surface area contributed by atoms with Crippen molar-refractivity contribution in [2.45, 2.75) is 64.1 Å². The van der Waals surface area contributed by atoms with E-state index in [0.717, 1.165) is 32.2 Å². The number of carbonyl (C=O) groups is 1. The lowest BCUT2D eigenvalue weighted by Crippen LogP contribution is -2.52. The van der Waals surface area contributed by atoms with Gasteiger partial charge < -0.3 is 15.7 Å². The van der Waals surface area contributed by atoms with E-state index >= 15 is 0 Å². The molecule has 94 valence electrons. The lowest BCUT2D eigenvalue weighted by atomic mass is 9.89. The van der Waals surface area contributed by atoms with Gasteiger partial charge in [0.2, 0.25) is 5.91 Å². The Labute approximate surface area is 97.8 Å². The van der Waals surface area contributed by atoms with Crippen molar-refractivity contribution in [1.29, 1.82) is 0 Å². The Hall–Kier alpha value is -0.610. The van der Waals surface area contributed by atoms with E-state index in [1.54, 1.807) is 0 Å². The van der Waals surface area contributed by atoms with E-state index in [4.69, 9.17) is 5.11 Å². The highest BCUT2D eigenvalue weighted by molar-refractivity contribution is 5.81. The Kier molecular flexibility index (Phi) is 5.77. The van der Waals surface area contributed by atoms with Crippen LogP contribution in [0.5, 0.6) is 0 Å². The van der Waals surface area contributed by atoms with Gasteiger partial charge in [-0.2, -0.15) is 0 Å². The first-order valence-corrected chi connectivity index (χ1v) is 6.35. The molecule has 0 heterocycles.